The van der Waals surface area contributed by atoms with Crippen LogP contribution < -0.4 is 10.6 Å². The molecule has 13 nitrogen and oxygen atoms in total. The molecule has 12 aromatic rings. The maximum absolute atomic E-state index is 13.4. The third-order valence-corrected chi connectivity index (χ3v) is 25.9. The molecule has 1 aromatic heterocycles. The molecule has 0 aliphatic carbocycles. The normalized spacial score (nSPS) is 12.6. The standard InChI is InChI=1S/C33H40F3NO2.C32H39F3N2O2.C30H33F3O2.C24H25F3N2O2S/c1-23-15-28(20-30(16-23)33(34,35)36)19-25(17-24-10-12-29(13-11-24)32(2,3)4)9-6-14-37-22-27-8-5-7-26(18-27)21-31(38)39;1-23-15-27(18-29(16-23)32(33,34)35)22-37(21-26-8-5-7-25(17-26)19-30(38)39)14-6-13-36-20-24-9-11-28(12-10-24)31(2,3)4;1-22-15-27(20-28(16-22)30(31,32)33)19-24(12-7-3-6-11-23-9-4-2-5-10-23)17-25-13-8-14-26(18-25)21-29(34)35;1-15-8-19(10-21(9-15)24(25,26)27)12-29(13-22-14-32-17(3)28-22)11-18-4-6-20(7-5-18)16(2)23(30)31/h5,7-8,10-13,15-16,18,20,25,37H,6,9,14,17,19,21-22H2,1-4H3,(H,38,39);5,7-12,15-18,36H,6,13-14,19-22H2,1-4H3,(H,38,39);2,4-5,8-10,13-16,18,20,24H,3,6-7,11-12,17,19,21H2,1H3,(H,34,35);4-10,14,16H,11-13H2,1-3H3,(H,30,31). The molecule has 3 atom stereocenters. The van der Waals surface area contributed by atoms with Gasteiger partial charge in [-0.1, -0.05) is 277 Å². The van der Waals surface area contributed by atoms with Gasteiger partial charge in [-0.15, -0.1) is 11.3 Å². The van der Waals surface area contributed by atoms with Crippen LogP contribution in [0.15, 0.2) is 254 Å². The second kappa shape index (κ2) is 54.9. The fraction of sp³-hybridized carbons (Fsp3) is 0.387. The Kier molecular flexibility index (Phi) is 44.1. The molecule has 1 heterocycles. The predicted octanol–water partition coefficient (Wildman–Crippen LogP) is 29.0. The van der Waals surface area contributed by atoms with E-state index in [1.165, 1.54) is 81.6 Å². The fourth-order valence-electron chi connectivity index (χ4n) is 17.9. The molecular formula is C119H137F12N5O8S. The van der Waals surface area contributed by atoms with Gasteiger partial charge < -0.3 is 31.1 Å². The summed E-state index contributed by atoms with van der Waals surface area (Å²) in [5.74, 6) is -3.75. The molecule has 145 heavy (non-hydrogen) atoms. The number of aromatic nitrogens is 1. The summed E-state index contributed by atoms with van der Waals surface area (Å²) in [6, 6.07) is 74.3. The van der Waals surface area contributed by atoms with Crippen LogP contribution >= 0.6 is 11.3 Å². The van der Waals surface area contributed by atoms with Crippen LogP contribution in [0.4, 0.5) is 52.7 Å². The molecule has 0 bridgehead atoms. The van der Waals surface area contributed by atoms with E-state index in [0.29, 0.717) is 115 Å². The van der Waals surface area contributed by atoms with Gasteiger partial charge in [-0.2, -0.15) is 52.7 Å². The largest absolute Gasteiger partial charge is 0.481 e. The average Bonchev–Trinajstić information content (AvgIpc) is 1.68. The SMILES string of the molecule is Cc1cc(CC(CCCCCc2ccccc2)Cc2cccc(CC(=O)O)c2)cc(C(F)(F)F)c1.Cc1cc(CC(CCCNCc2cccc(CC(=O)O)c2)Cc2ccc(C(C)(C)C)cc2)cc(C(F)(F)F)c1.Cc1cc(CN(CCCNCc2ccc(C(C)(C)C)cc2)Cc2cccc(CC(=O)O)c2)cc(C(F)(F)F)c1.Cc1cc(CN(Cc2ccc(C(C)C(=O)O)cc2)Cc2csc(C)n2)cc(C(F)(F)F)c1. The van der Waals surface area contributed by atoms with Crippen LogP contribution in [0.1, 0.15) is 249 Å². The number of alkyl halides is 12. The van der Waals surface area contributed by atoms with Gasteiger partial charge in [0.2, 0.25) is 0 Å². The molecule has 3 unspecified atom stereocenters. The molecule has 776 valence electrons. The van der Waals surface area contributed by atoms with E-state index in [9.17, 15) is 77.0 Å². The van der Waals surface area contributed by atoms with E-state index in [1.54, 1.807) is 71.0 Å². The third kappa shape index (κ3) is 42.5. The van der Waals surface area contributed by atoms with E-state index in [2.05, 4.69) is 123 Å². The van der Waals surface area contributed by atoms with Crippen molar-refractivity contribution in [2.45, 2.75) is 267 Å². The quantitative estimate of drug-likeness (QED) is 0.0156. The molecule has 0 radical (unpaired) electrons. The number of nitrogens with zero attached hydrogens (tertiary/aromatic N) is 3. The second-order valence-electron chi connectivity index (χ2n) is 40.4. The van der Waals surface area contributed by atoms with E-state index in [4.69, 9.17) is 15.3 Å². The number of carboxylic acid groups (broad SMARTS) is 4. The van der Waals surface area contributed by atoms with Gasteiger partial charge in [-0.25, -0.2) is 4.98 Å². The van der Waals surface area contributed by atoms with Crippen molar-refractivity contribution in [3.05, 3.63) is 404 Å². The van der Waals surface area contributed by atoms with Gasteiger partial charge in [0.05, 0.1) is 58.1 Å². The number of hydrogen-bond acceptors (Lipinski definition) is 10. The fourth-order valence-corrected chi connectivity index (χ4v) is 18.5. The number of benzene rings is 11. The van der Waals surface area contributed by atoms with Gasteiger partial charge in [0, 0.05) is 57.7 Å². The summed E-state index contributed by atoms with van der Waals surface area (Å²) in [5, 5.41) is 46.2. The number of aliphatic carboxylic acids is 4. The van der Waals surface area contributed by atoms with Crippen LogP contribution in [-0.2, 0) is 152 Å². The van der Waals surface area contributed by atoms with Crippen LogP contribution in [0.3, 0.4) is 0 Å². The Hall–Kier alpha value is -12.1. The highest BCUT2D eigenvalue weighted by Gasteiger charge is 2.35. The zero-order valence-corrected chi connectivity index (χ0v) is 85.7. The van der Waals surface area contributed by atoms with Crippen molar-refractivity contribution in [3.8, 4) is 0 Å². The van der Waals surface area contributed by atoms with E-state index in [1.807, 2.05) is 120 Å². The first-order valence-corrected chi connectivity index (χ1v) is 50.1. The topological polar surface area (TPSA) is 193 Å². The number of hydrogen-bond donors (Lipinski definition) is 6. The van der Waals surface area contributed by atoms with E-state index in [-0.39, 0.29) is 41.9 Å². The lowest BCUT2D eigenvalue weighted by molar-refractivity contribution is -0.139. The maximum atomic E-state index is 13.4. The number of aryl methyl sites for hydroxylation is 6. The zero-order valence-electron chi connectivity index (χ0n) is 84.9. The molecule has 0 aliphatic rings. The highest BCUT2D eigenvalue weighted by molar-refractivity contribution is 7.09. The minimum atomic E-state index is -4.40. The Morgan fingerprint density at radius 1 is 0.338 bits per heavy atom. The Bertz CT molecular complexity index is 6110. The van der Waals surface area contributed by atoms with Crippen molar-refractivity contribution in [3.63, 3.8) is 0 Å². The Morgan fingerprint density at radius 3 is 1.15 bits per heavy atom. The van der Waals surface area contributed by atoms with Gasteiger partial charge in [-0.3, -0.25) is 29.0 Å². The van der Waals surface area contributed by atoms with Crippen LogP contribution in [-0.4, -0.2) is 78.7 Å². The highest BCUT2D eigenvalue weighted by Crippen LogP contribution is 2.38. The van der Waals surface area contributed by atoms with Crippen molar-refractivity contribution in [1.82, 2.24) is 25.4 Å². The molecule has 0 spiro atoms. The van der Waals surface area contributed by atoms with Crippen LogP contribution in [0.2, 0.25) is 0 Å². The molecule has 0 saturated carbocycles. The Labute approximate surface area is 850 Å². The molecule has 11 aromatic carbocycles. The maximum Gasteiger partial charge on any atom is 0.416 e. The second-order valence-corrected chi connectivity index (χ2v) is 41.4. The summed E-state index contributed by atoms with van der Waals surface area (Å²) < 4.78 is 160. The van der Waals surface area contributed by atoms with Crippen molar-refractivity contribution >= 4 is 35.2 Å². The molecule has 0 fully saturated rings. The van der Waals surface area contributed by atoms with Gasteiger partial charge in [-0.05, 0) is 285 Å². The lowest BCUT2D eigenvalue weighted by Crippen LogP contribution is -2.27. The van der Waals surface area contributed by atoms with Crippen molar-refractivity contribution in [1.29, 1.82) is 0 Å². The highest BCUT2D eigenvalue weighted by atomic mass is 32.1. The Balaban J connectivity index is 0.000000216. The van der Waals surface area contributed by atoms with E-state index in [0.717, 1.165) is 133 Å². The summed E-state index contributed by atoms with van der Waals surface area (Å²) in [7, 11) is 0. The van der Waals surface area contributed by atoms with Gasteiger partial charge >= 0.3 is 48.6 Å². The van der Waals surface area contributed by atoms with Gasteiger partial charge in [0.25, 0.3) is 0 Å². The first kappa shape index (κ1) is 116. The van der Waals surface area contributed by atoms with Gasteiger partial charge in [0.15, 0.2) is 0 Å². The van der Waals surface area contributed by atoms with E-state index >= 15 is 0 Å². The van der Waals surface area contributed by atoms with Crippen LogP contribution in [0.5, 0.6) is 0 Å². The molecule has 26 heteroatoms. The molecule has 0 aliphatic heterocycles. The summed E-state index contributed by atoms with van der Waals surface area (Å²) >= 11 is 1.53. The summed E-state index contributed by atoms with van der Waals surface area (Å²) in [6.45, 7) is 29.2. The minimum Gasteiger partial charge on any atom is -0.481 e. The number of halogens is 12. The minimum absolute atomic E-state index is 0.00126. The monoisotopic (exact) mass is 2020 g/mol. The number of rotatable bonds is 44. The molecular weight excluding hydrogens is 1890 g/mol. The lowest BCUT2D eigenvalue weighted by Gasteiger charge is -2.24. The van der Waals surface area contributed by atoms with Crippen molar-refractivity contribution in [2.24, 2.45) is 11.8 Å². The smallest absolute Gasteiger partial charge is 0.416 e. The summed E-state index contributed by atoms with van der Waals surface area (Å²) in [4.78, 5) is 53.1. The van der Waals surface area contributed by atoms with Crippen LogP contribution in [0, 0.1) is 46.5 Å². The molecule has 0 saturated heterocycles. The molecule has 12 rings (SSSR count). The first-order chi connectivity index (χ1) is 68.3. The molecule has 0 amide bonds. The molecule has 6 N–H and O–H groups in total. The number of carbonyl (C=O) groups is 4. The zero-order chi connectivity index (χ0) is 106. The number of thiazole rings is 1. The van der Waals surface area contributed by atoms with Crippen LogP contribution in [0.25, 0.3) is 0 Å². The van der Waals surface area contributed by atoms with Gasteiger partial charge in [0.1, 0.15) is 0 Å². The number of nitrogens with one attached hydrogen (secondary N) is 2. The van der Waals surface area contributed by atoms with E-state index < -0.39 is 76.8 Å². The predicted molar refractivity (Wildman–Crippen MR) is 552 cm³/mol. The third-order valence-electron chi connectivity index (χ3n) is 25.0. The number of unbranched alkanes of at least 4 members (excludes halogenated alkanes) is 2. The summed E-state index contributed by atoms with van der Waals surface area (Å²) in [5.41, 5.74) is 16.7. The Morgan fingerprint density at radius 2 is 0.703 bits per heavy atom. The van der Waals surface area contributed by atoms with Crippen molar-refractivity contribution < 1.29 is 92.3 Å². The lowest BCUT2D eigenvalue weighted by atomic mass is 9.84. The van der Waals surface area contributed by atoms with Crippen molar-refractivity contribution in [2.75, 3.05) is 19.6 Å². The number of carboxylic acids is 4. The average molecular weight is 2030 g/mol. The first-order valence-electron chi connectivity index (χ1n) is 49.2. The summed E-state index contributed by atoms with van der Waals surface area (Å²) in [6.07, 6.45) is -7.30.